The van der Waals surface area contributed by atoms with Gasteiger partial charge in [0.1, 0.15) is 16.7 Å². The number of halogens is 2. The van der Waals surface area contributed by atoms with E-state index in [9.17, 15) is 4.79 Å². The van der Waals surface area contributed by atoms with E-state index >= 15 is 0 Å². The summed E-state index contributed by atoms with van der Waals surface area (Å²) in [6.07, 6.45) is 1.86. The standard InChI is InChI=1S/C21H19Cl2NO2S2/c1-13(2)11-24-20(25)19(28-21(24)27)9-14-3-7-17(8-4-14)26-12-15-5-6-16(22)10-18(15)23/h3-10,13H,11-12H2,1-2H3/b19-9-. The Hall–Kier alpha value is -1.53. The molecular formula is C21H19Cl2NO2S2. The van der Waals surface area contributed by atoms with E-state index in [1.54, 1.807) is 17.0 Å². The molecule has 1 aliphatic rings. The highest BCUT2D eigenvalue weighted by atomic mass is 35.5. The summed E-state index contributed by atoms with van der Waals surface area (Å²) in [6.45, 7) is 5.13. The Morgan fingerprint density at radius 2 is 1.89 bits per heavy atom. The number of rotatable bonds is 6. The lowest BCUT2D eigenvalue weighted by atomic mass is 10.2. The zero-order chi connectivity index (χ0) is 20.3. The molecule has 0 N–H and O–H groups in total. The van der Waals surface area contributed by atoms with E-state index in [2.05, 4.69) is 13.8 Å². The van der Waals surface area contributed by atoms with Crippen LogP contribution in [0.15, 0.2) is 47.4 Å². The van der Waals surface area contributed by atoms with Crippen LogP contribution < -0.4 is 4.74 Å². The third kappa shape index (κ3) is 5.29. The number of hydrogen-bond acceptors (Lipinski definition) is 4. The van der Waals surface area contributed by atoms with Crippen LogP contribution in [0.2, 0.25) is 10.0 Å². The monoisotopic (exact) mass is 451 g/mol. The Kier molecular flexibility index (Phi) is 7.05. The van der Waals surface area contributed by atoms with E-state index in [-0.39, 0.29) is 5.91 Å². The van der Waals surface area contributed by atoms with Crippen molar-refractivity contribution in [3.8, 4) is 5.75 Å². The molecule has 1 amide bonds. The van der Waals surface area contributed by atoms with Crippen molar-refractivity contribution >= 4 is 63.5 Å². The van der Waals surface area contributed by atoms with E-state index in [1.165, 1.54) is 11.8 Å². The molecule has 3 nitrogen and oxygen atoms in total. The molecule has 2 aromatic rings. The molecule has 0 unspecified atom stereocenters. The summed E-state index contributed by atoms with van der Waals surface area (Å²) in [6, 6.07) is 12.9. The minimum Gasteiger partial charge on any atom is -0.489 e. The zero-order valence-corrected chi connectivity index (χ0v) is 18.6. The van der Waals surface area contributed by atoms with Crippen molar-refractivity contribution in [2.24, 2.45) is 5.92 Å². The van der Waals surface area contributed by atoms with Crippen LogP contribution in [0.25, 0.3) is 6.08 Å². The molecule has 0 aromatic heterocycles. The summed E-state index contributed by atoms with van der Waals surface area (Å²) >= 11 is 18.8. The second-order valence-electron chi connectivity index (χ2n) is 6.78. The van der Waals surface area contributed by atoms with Gasteiger partial charge in [-0.05, 0) is 41.8 Å². The van der Waals surface area contributed by atoms with Gasteiger partial charge in [0.2, 0.25) is 0 Å². The SMILES string of the molecule is CC(C)CN1C(=O)/C(=C/c2ccc(OCc3ccc(Cl)cc3Cl)cc2)SC1=S. The van der Waals surface area contributed by atoms with Crippen LogP contribution in [-0.2, 0) is 11.4 Å². The van der Waals surface area contributed by atoms with Gasteiger partial charge in [-0.25, -0.2) is 0 Å². The van der Waals surface area contributed by atoms with E-state index in [0.29, 0.717) is 38.3 Å². The van der Waals surface area contributed by atoms with Crippen LogP contribution >= 0.6 is 47.2 Å². The minimum atomic E-state index is -0.0265. The van der Waals surface area contributed by atoms with Crippen molar-refractivity contribution in [3.63, 3.8) is 0 Å². The quantitative estimate of drug-likeness (QED) is 0.373. The predicted octanol–water partition coefficient (Wildman–Crippen LogP) is 6.43. The lowest BCUT2D eigenvalue weighted by Crippen LogP contribution is -2.31. The van der Waals surface area contributed by atoms with Gasteiger partial charge in [-0.3, -0.25) is 9.69 Å². The Morgan fingerprint density at radius 1 is 1.18 bits per heavy atom. The smallest absolute Gasteiger partial charge is 0.266 e. The first kappa shape index (κ1) is 21.2. The maximum absolute atomic E-state index is 12.5. The van der Waals surface area contributed by atoms with Gasteiger partial charge in [-0.15, -0.1) is 0 Å². The number of thioether (sulfide) groups is 1. The fourth-order valence-electron chi connectivity index (χ4n) is 2.63. The Bertz CT molecular complexity index is 927. The van der Waals surface area contributed by atoms with Gasteiger partial charge >= 0.3 is 0 Å². The van der Waals surface area contributed by atoms with Crippen LogP contribution in [0.4, 0.5) is 0 Å². The van der Waals surface area contributed by atoms with E-state index in [0.717, 1.165) is 16.9 Å². The first-order valence-electron chi connectivity index (χ1n) is 8.75. The van der Waals surface area contributed by atoms with E-state index in [1.807, 2.05) is 36.4 Å². The highest BCUT2D eigenvalue weighted by Crippen LogP contribution is 2.33. The van der Waals surface area contributed by atoms with Crippen LogP contribution in [0.5, 0.6) is 5.75 Å². The lowest BCUT2D eigenvalue weighted by molar-refractivity contribution is -0.122. The molecule has 2 aromatic carbocycles. The molecule has 146 valence electrons. The van der Waals surface area contributed by atoms with Crippen molar-refractivity contribution in [2.45, 2.75) is 20.5 Å². The third-order valence-corrected chi connectivity index (χ3v) is 5.97. The fraction of sp³-hybridized carbons (Fsp3) is 0.238. The van der Waals surface area contributed by atoms with Crippen molar-refractivity contribution in [3.05, 3.63) is 68.5 Å². The molecular weight excluding hydrogens is 433 g/mol. The van der Waals surface area contributed by atoms with Crippen LogP contribution in [0.1, 0.15) is 25.0 Å². The van der Waals surface area contributed by atoms with Crippen molar-refractivity contribution in [1.82, 2.24) is 4.90 Å². The molecule has 28 heavy (non-hydrogen) atoms. The number of carbonyl (C=O) groups is 1. The van der Waals surface area contributed by atoms with Crippen molar-refractivity contribution in [2.75, 3.05) is 6.54 Å². The molecule has 3 rings (SSSR count). The van der Waals surface area contributed by atoms with Crippen LogP contribution in [-0.4, -0.2) is 21.7 Å². The van der Waals surface area contributed by atoms with Gasteiger partial charge in [0.05, 0.1) is 4.91 Å². The summed E-state index contributed by atoms with van der Waals surface area (Å²) in [5.41, 5.74) is 1.78. The Morgan fingerprint density at radius 3 is 2.54 bits per heavy atom. The molecule has 0 bridgehead atoms. The molecule has 0 atom stereocenters. The maximum Gasteiger partial charge on any atom is 0.266 e. The van der Waals surface area contributed by atoms with Gasteiger partial charge in [-0.2, -0.15) is 0 Å². The lowest BCUT2D eigenvalue weighted by Gasteiger charge is -2.16. The zero-order valence-electron chi connectivity index (χ0n) is 15.4. The molecule has 1 fully saturated rings. The van der Waals surface area contributed by atoms with Gasteiger partial charge in [0.15, 0.2) is 0 Å². The Labute approximate surface area is 184 Å². The van der Waals surface area contributed by atoms with Crippen LogP contribution in [0.3, 0.4) is 0 Å². The average molecular weight is 452 g/mol. The van der Waals surface area contributed by atoms with E-state index in [4.69, 9.17) is 40.2 Å². The number of carbonyl (C=O) groups excluding carboxylic acids is 1. The van der Waals surface area contributed by atoms with Crippen LogP contribution in [0, 0.1) is 5.92 Å². The first-order chi connectivity index (χ1) is 13.3. The second kappa shape index (κ2) is 9.31. The number of ether oxygens (including phenoxy) is 1. The third-order valence-electron chi connectivity index (χ3n) is 4.01. The number of benzene rings is 2. The largest absolute Gasteiger partial charge is 0.489 e. The molecule has 0 spiro atoms. The number of nitrogens with zero attached hydrogens (tertiary/aromatic N) is 1. The fourth-order valence-corrected chi connectivity index (χ4v) is 4.37. The maximum atomic E-state index is 12.5. The highest BCUT2D eigenvalue weighted by molar-refractivity contribution is 8.26. The molecule has 7 heteroatoms. The van der Waals surface area contributed by atoms with Crippen molar-refractivity contribution < 1.29 is 9.53 Å². The number of thiocarbonyl (C=S) groups is 1. The summed E-state index contributed by atoms with van der Waals surface area (Å²) in [5, 5.41) is 1.17. The predicted molar refractivity (Wildman–Crippen MR) is 122 cm³/mol. The van der Waals surface area contributed by atoms with Gasteiger partial charge in [0, 0.05) is 22.2 Å². The van der Waals surface area contributed by atoms with Gasteiger partial charge < -0.3 is 4.74 Å². The molecule has 0 radical (unpaired) electrons. The van der Waals surface area contributed by atoms with Gasteiger partial charge in [0.25, 0.3) is 5.91 Å². The molecule has 0 saturated carbocycles. The number of hydrogen-bond donors (Lipinski definition) is 0. The minimum absolute atomic E-state index is 0.0265. The summed E-state index contributed by atoms with van der Waals surface area (Å²) in [7, 11) is 0. The normalized spacial score (nSPS) is 15.8. The summed E-state index contributed by atoms with van der Waals surface area (Å²) < 4.78 is 6.40. The summed E-state index contributed by atoms with van der Waals surface area (Å²) in [4.78, 5) is 14.9. The Balaban J connectivity index is 1.65. The van der Waals surface area contributed by atoms with Crippen molar-refractivity contribution in [1.29, 1.82) is 0 Å². The summed E-state index contributed by atoms with van der Waals surface area (Å²) in [5.74, 6) is 1.06. The number of amides is 1. The molecule has 1 heterocycles. The molecule has 1 saturated heterocycles. The second-order valence-corrected chi connectivity index (χ2v) is 9.30. The topological polar surface area (TPSA) is 29.5 Å². The highest BCUT2D eigenvalue weighted by Gasteiger charge is 2.32. The molecule has 0 aliphatic carbocycles. The van der Waals surface area contributed by atoms with Gasteiger partial charge in [-0.1, -0.05) is 79.2 Å². The molecule has 1 aliphatic heterocycles. The average Bonchev–Trinajstić information content (AvgIpc) is 2.89. The van der Waals surface area contributed by atoms with E-state index < -0.39 is 0 Å². The first-order valence-corrected chi connectivity index (χ1v) is 10.7.